The Bertz CT molecular complexity index is 370. The summed E-state index contributed by atoms with van der Waals surface area (Å²) in [6.45, 7) is 0.125. The van der Waals surface area contributed by atoms with Crippen LogP contribution < -0.4 is 10.5 Å². The molecule has 1 aromatic rings. The van der Waals surface area contributed by atoms with E-state index in [2.05, 4.69) is 15.9 Å². The van der Waals surface area contributed by atoms with Crippen molar-refractivity contribution in [1.29, 1.82) is 0 Å². The molecule has 1 heterocycles. The fourth-order valence-corrected chi connectivity index (χ4v) is 1.75. The van der Waals surface area contributed by atoms with E-state index in [1.807, 2.05) is 0 Å². The maximum absolute atomic E-state index is 13.4. The highest BCUT2D eigenvalue weighted by Crippen LogP contribution is 2.38. The molecule has 0 fully saturated rings. The number of hydrogen-bond acceptors (Lipinski definition) is 2. The first-order valence-electron chi connectivity index (χ1n) is 3.67. The van der Waals surface area contributed by atoms with Crippen LogP contribution in [0.2, 0.25) is 0 Å². The average molecular weight is 250 g/mol. The second kappa shape index (κ2) is 2.92. The van der Waals surface area contributed by atoms with Crippen LogP contribution in [0.5, 0.6) is 5.75 Å². The van der Waals surface area contributed by atoms with Gasteiger partial charge in [0, 0.05) is 0 Å². The second-order valence-electron chi connectivity index (χ2n) is 2.81. The Hall–Kier alpha value is -0.680. The van der Waals surface area contributed by atoms with E-state index in [1.165, 1.54) is 0 Å². The first kappa shape index (κ1) is 8.90. The number of fused-ring (bicyclic) bond motifs is 1. The maximum Gasteiger partial charge on any atom is 0.166 e. The molecule has 1 aromatic carbocycles. The van der Waals surface area contributed by atoms with Gasteiger partial charge in [-0.3, -0.25) is 0 Å². The van der Waals surface area contributed by atoms with E-state index in [1.54, 1.807) is 0 Å². The van der Waals surface area contributed by atoms with Crippen molar-refractivity contribution in [3.05, 3.63) is 27.7 Å². The van der Waals surface area contributed by atoms with E-state index < -0.39 is 17.7 Å². The van der Waals surface area contributed by atoms with Crippen molar-refractivity contribution in [2.75, 3.05) is 6.61 Å². The van der Waals surface area contributed by atoms with Crippen LogP contribution in [-0.2, 0) is 0 Å². The zero-order valence-electron chi connectivity index (χ0n) is 6.48. The summed E-state index contributed by atoms with van der Waals surface area (Å²) in [6, 6.07) is 0.452. The van der Waals surface area contributed by atoms with Gasteiger partial charge in [-0.2, -0.15) is 0 Å². The molecule has 0 aliphatic carbocycles. The molecule has 0 saturated heterocycles. The predicted octanol–water partition coefficient (Wildman–Crippen LogP) is 2.12. The largest absolute Gasteiger partial charge is 0.488 e. The lowest BCUT2D eigenvalue weighted by Crippen LogP contribution is -2.12. The fraction of sp³-hybridized carbons (Fsp3) is 0.250. The molecule has 0 bridgehead atoms. The van der Waals surface area contributed by atoms with Gasteiger partial charge in [0.15, 0.2) is 11.6 Å². The quantitative estimate of drug-likeness (QED) is 0.716. The molecule has 0 aromatic heterocycles. The minimum Gasteiger partial charge on any atom is -0.488 e. The number of ether oxygens (including phenoxy) is 1. The van der Waals surface area contributed by atoms with Crippen LogP contribution in [0, 0.1) is 11.6 Å². The molecule has 2 N–H and O–H groups in total. The Kier molecular flexibility index (Phi) is 2.00. The summed E-state index contributed by atoms with van der Waals surface area (Å²) < 4.78 is 31.5. The third kappa shape index (κ3) is 1.23. The molecule has 0 saturated carbocycles. The van der Waals surface area contributed by atoms with E-state index in [9.17, 15) is 8.78 Å². The van der Waals surface area contributed by atoms with E-state index in [4.69, 9.17) is 10.5 Å². The molecule has 2 rings (SSSR count). The van der Waals surface area contributed by atoms with Crippen LogP contribution in [0.15, 0.2) is 10.5 Å². The Labute approximate surface area is 81.8 Å². The lowest BCUT2D eigenvalue weighted by molar-refractivity contribution is 0.319. The average Bonchev–Trinajstić information content (AvgIpc) is 2.44. The highest BCUT2D eigenvalue weighted by Gasteiger charge is 2.29. The van der Waals surface area contributed by atoms with Crippen LogP contribution >= 0.6 is 15.9 Å². The topological polar surface area (TPSA) is 35.2 Å². The van der Waals surface area contributed by atoms with Gasteiger partial charge in [0.05, 0.1) is 16.1 Å². The molecule has 5 heteroatoms. The number of benzene rings is 1. The minimum atomic E-state index is -0.587. The van der Waals surface area contributed by atoms with Gasteiger partial charge in [-0.1, -0.05) is 0 Å². The summed E-state index contributed by atoms with van der Waals surface area (Å²) in [5.41, 5.74) is 5.65. The number of nitrogens with two attached hydrogens (primary N) is 1. The van der Waals surface area contributed by atoms with Crippen LogP contribution in [0.25, 0.3) is 0 Å². The molecule has 13 heavy (non-hydrogen) atoms. The molecule has 0 radical (unpaired) electrons. The first-order chi connectivity index (χ1) is 6.11. The lowest BCUT2D eigenvalue weighted by Gasteiger charge is -2.04. The number of rotatable bonds is 0. The molecule has 0 spiro atoms. The van der Waals surface area contributed by atoms with Gasteiger partial charge in [0.25, 0.3) is 0 Å². The Balaban J connectivity index is 2.70. The summed E-state index contributed by atoms with van der Waals surface area (Å²) in [6.07, 6.45) is 0. The molecule has 2 nitrogen and oxygen atoms in total. The molecule has 0 amide bonds. The predicted molar refractivity (Wildman–Crippen MR) is 46.5 cm³/mol. The molecular weight excluding hydrogens is 244 g/mol. The van der Waals surface area contributed by atoms with E-state index >= 15 is 0 Å². The zero-order chi connectivity index (χ0) is 9.59. The van der Waals surface area contributed by atoms with Gasteiger partial charge in [0.2, 0.25) is 0 Å². The van der Waals surface area contributed by atoms with E-state index in [0.717, 1.165) is 6.07 Å². The van der Waals surface area contributed by atoms with Gasteiger partial charge in [-0.25, -0.2) is 8.78 Å². The Morgan fingerprint density at radius 3 is 2.92 bits per heavy atom. The standard InChI is InChI=1S/C8H6BrF2NO/c9-3-1-4(10)8-6(7(3)11)5(12)2-13-8/h1,5H,2,12H2/t5-/m1/s1. The Morgan fingerprint density at radius 2 is 2.23 bits per heavy atom. The van der Waals surface area contributed by atoms with Crippen LogP contribution in [0.3, 0.4) is 0 Å². The maximum atomic E-state index is 13.4. The van der Waals surface area contributed by atoms with Crippen molar-refractivity contribution in [1.82, 2.24) is 0 Å². The SMILES string of the molecule is N[C@@H]1COc2c(F)cc(Br)c(F)c21. The molecule has 1 aliphatic rings. The van der Waals surface area contributed by atoms with Crippen LogP contribution in [0.1, 0.15) is 11.6 Å². The minimum absolute atomic E-state index is 0.0619. The van der Waals surface area contributed by atoms with Crippen molar-refractivity contribution < 1.29 is 13.5 Å². The fourth-order valence-electron chi connectivity index (χ4n) is 1.33. The second-order valence-corrected chi connectivity index (χ2v) is 3.67. The van der Waals surface area contributed by atoms with E-state index in [0.29, 0.717) is 0 Å². The molecule has 70 valence electrons. The monoisotopic (exact) mass is 249 g/mol. The van der Waals surface area contributed by atoms with Gasteiger partial charge < -0.3 is 10.5 Å². The van der Waals surface area contributed by atoms with Crippen molar-refractivity contribution in [3.8, 4) is 5.75 Å². The molecular formula is C8H6BrF2NO. The van der Waals surface area contributed by atoms with Gasteiger partial charge in [0.1, 0.15) is 12.4 Å². The number of hydrogen-bond donors (Lipinski definition) is 1. The highest BCUT2D eigenvalue weighted by atomic mass is 79.9. The number of halogens is 3. The summed E-state index contributed by atoms with van der Waals surface area (Å²) in [4.78, 5) is 0. The Morgan fingerprint density at radius 1 is 1.54 bits per heavy atom. The normalized spacial score (nSPS) is 19.8. The summed E-state index contributed by atoms with van der Waals surface area (Å²) in [5.74, 6) is -1.19. The lowest BCUT2D eigenvalue weighted by atomic mass is 10.1. The molecule has 1 aliphatic heterocycles. The van der Waals surface area contributed by atoms with Gasteiger partial charge >= 0.3 is 0 Å². The first-order valence-corrected chi connectivity index (χ1v) is 4.46. The highest BCUT2D eigenvalue weighted by molar-refractivity contribution is 9.10. The zero-order valence-corrected chi connectivity index (χ0v) is 8.07. The van der Waals surface area contributed by atoms with Gasteiger partial charge in [-0.15, -0.1) is 0 Å². The van der Waals surface area contributed by atoms with Crippen molar-refractivity contribution in [3.63, 3.8) is 0 Å². The third-order valence-corrected chi connectivity index (χ3v) is 2.52. The van der Waals surface area contributed by atoms with Gasteiger partial charge in [-0.05, 0) is 22.0 Å². The van der Waals surface area contributed by atoms with E-state index in [-0.39, 0.29) is 22.4 Å². The molecule has 1 atom stereocenters. The van der Waals surface area contributed by atoms with Crippen LogP contribution in [0.4, 0.5) is 8.78 Å². The third-order valence-electron chi connectivity index (χ3n) is 1.94. The van der Waals surface area contributed by atoms with Crippen molar-refractivity contribution in [2.45, 2.75) is 6.04 Å². The van der Waals surface area contributed by atoms with Crippen LogP contribution in [-0.4, -0.2) is 6.61 Å². The van der Waals surface area contributed by atoms with Crippen molar-refractivity contribution in [2.24, 2.45) is 5.73 Å². The molecule has 0 unspecified atom stereocenters. The van der Waals surface area contributed by atoms with Crippen molar-refractivity contribution >= 4 is 15.9 Å². The summed E-state index contributed by atoms with van der Waals surface area (Å²) >= 11 is 2.90. The summed E-state index contributed by atoms with van der Waals surface area (Å²) in [7, 11) is 0. The summed E-state index contributed by atoms with van der Waals surface area (Å²) in [5, 5.41) is 0. The smallest absolute Gasteiger partial charge is 0.166 e.